The summed E-state index contributed by atoms with van der Waals surface area (Å²) in [5.74, 6) is 0.802. The van der Waals surface area contributed by atoms with Gasteiger partial charge in [0.25, 0.3) is 0 Å². The zero-order valence-corrected chi connectivity index (χ0v) is 11.1. The van der Waals surface area contributed by atoms with Crippen molar-refractivity contribution >= 4 is 11.5 Å². The number of benzene rings is 1. The third kappa shape index (κ3) is 2.34. The Hall–Kier alpha value is -1.55. The van der Waals surface area contributed by atoms with Crippen molar-refractivity contribution in [3.05, 3.63) is 23.8 Å². The van der Waals surface area contributed by atoms with Gasteiger partial charge < -0.3 is 15.4 Å². The Balaban J connectivity index is 2.42. The zero-order chi connectivity index (χ0) is 13.3. The number of anilines is 1. The van der Waals surface area contributed by atoms with Crippen LogP contribution in [0.1, 0.15) is 31.1 Å². The van der Waals surface area contributed by atoms with Crippen LogP contribution in [0.2, 0.25) is 0 Å². The number of Topliss-reactive ketones (excluding diaryl/α,β-unsaturated/α-hetero) is 1. The summed E-state index contributed by atoms with van der Waals surface area (Å²) in [6.45, 7) is 7.21. The van der Waals surface area contributed by atoms with Crippen molar-refractivity contribution in [2.24, 2.45) is 5.73 Å². The van der Waals surface area contributed by atoms with Crippen molar-refractivity contribution in [3.63, 3.8) is 0 Å². The number of ketones is 1. The number of fused-ring (bicyclic) bond motifs is 1. The highest BCUT2D eigenvalue weighted by atomic mass is 16.5. The van der Waals surface area contributed by atoms with Crippen LogP contribution in [0.3, 0.4) is 0 Å². The molecule has 0 saturated carbocycles. The van der Waals surface area contributed by atoms with Gasteiger partial charge in [0.1, 0.15) is 11.9 Å². The molecule has 1 unspecified atom stereocenters. The number of nitrogens with two attached hydrogens (primary N) is 1. The summed E-state index contributed by atoms with van der Waals surface area (Å²) < 4.78 is 5.80. The predicted octanol–water partition coefficient (Wildman–Crippen LogP) is 1.82. The van der Waals surface area contributed by atoms with Crippen LogP contribution in [0.5, 0.6) is 5.75 Å². The average molecular weight is 248 g/mol. The lowest BCUT2D eigenvalue weighted by atomic mass is 10.1. The molecule has 0 aliphatic carbocycles. The molecule has 0 aromatic heterocycles. The van der Waals surface area contributed by atoms with Gasteiger partial charge in [-0.3, -0.25) is 4.79 Å². The maximum atomic E-state index is 11.7. The normalized spacial score (nSPS) is 18.5. The monoisotopic (exact) mass is 248 g/mol. The van der Waals surface area contributed by atoms with Crippen LogP contribution in [-0.4, -0.2) is 31.0 Å². The molecule has 2 rings (SSSR count). The quantitative estimate of drug-likeness (QED) is 0.829. The van der Waals surface area contributed by atoms with Gasteiger partial charge in [0.15, 0.2) is 5.78 Å². The average Bonchev–Trinajstić information content (AvgIpc) is 2.36. The van der Waals surface area contributed by atoms with Gasteiger partial charge >= 0.3 is 0 Å². The van der Waals surface area contributed by atoms with Gasteiger partial charge in [-0.15, -0.1) is 0 Å². The van der Waals surface area contributed by atoms with Gasteiger partial charge in [-0.25, -0.2) is 0 Å². The van der Waals surface area contributed by atoms with Crippen molar-refractivity contribution < 1.29 is 9.53 Å². The van der Waals surface area contributed by atoms with Gasteiger partial charge in [0.05, 0.1) is 18.8 Å². The number of hydrogen-bond acceptors (Lipinski definition) is 4. The number of nitrogens with zero attached hydrogens (tertiary/aromatic N) is 1. The molecule has 1 aromatic rings. The second-order valence-corrected chi connectivity index (χ2v) is 4.98. The summed E-state index contributed by atoms with van der Waals surface area (Å²) in [6, 6.07) is 5.91. The second kappa shape index (κ2) is 4.98. The Labute approximate surface area is 108 Å². The largest absolute Gasteiger partial charge is 0.487 e. The molecular formula is C14H20N2O2. The summed E-state index contributed by atoms with van der Waals surface area (Å²) in [5, 5.41) is 0. The lowest BCUT2D eigenvalue weighted by Crippen LogP contribution is -2.42. The van der Waals surface area contributed by atoms with Crippen LogP contribution in [0.25, 0.3) is 0 Å². The number of rotatable bonds is 3. The molecule has 0 saturated heterocycles. The first-order chi connectivity index (χ1) is 8.52. The molecule has 0 bridgehead atoms. The topological polar surface area (TPSA) is 55.6 Å². The fraction of sp³-hybridized carbons (Fsp3) is 0.500. The van der Waals surface area contributed by atoms with E-state index in [0.29, 0.717) is 11.6 Å². The Morgan fingerprint density at radius 2 is 2.28 bits per heavy atom. The molecule has 18 heavy (non-hydrogen) atoms. The Morgan fingerprint density at radius 3 is 2.89 bits per heavy atom. The number of carbonyl (C=O) groups is 1. The summed E-state index contributed by atoms with van der Waals surface area (Å²) in [4.78, 5) is 13.9. The van der Waals surface area contributed by atoms with Gasteiger partial charge in [-0.05, 0) is 39.0 Å². The summed E-state index contributed by atoms with van der Waals surface area (Å²) in [7, 11) is 0. The SMILES string of the molecule is CC1CN(C(C)C)c2cc(C(=O)CN)ccc2O1. The van der Waals surface area contributed by atoms with E-state index in [1.807, 2.05) is 12.1 Å². The van der Waals surface area contributed by atoms with Crippen molar-refractivity contribution in [3.8, 4) is 5.75 Å². The lowest BCUT2D eigenvalue weighted by molar-refractivity contribution is 0.100. The van der Waals surface area contributed by atoms with Crippen LogP contribution in [0, 0.1) is 0 Å². The molecule has 1 heterocycles. The highest BCUT2D eigenvalue weighted by Crippen LogP contribution is 2.35. The van der Waals surface area contributed by atoms with Crippen LogP contribution in [0.15, 0.2) is 18.2 Å². The van der Waals surface area contributed by atoms with E-state index in [-0.39, 0.29) is 18.4 Å². The molecule has 0 fully saturated rings. The van der Waals surface area contributed by atoms with E-state index >= 15 is 0 Å². The van der Waals surface area contributed by atoms with Crippen molar-refractivity contribution in [2.45, 2.75) is 32.9 Å². The van der Waals surface area contributed by atoms with E-state index in [4.69, 9.17) is 10.5 Å². The third-order valence-corrected chi connectivity index (χ3v) is 3.18. The number of ether oxygens (including phenoxy) is 1. The molecule has 98 valence electrons. The molecule has 1 aromatic carbocycles. The smallest absolute Gasteiger partial charge is 0.176 e. The Bertz CT molecular complexity index is 457. The highest BCUT2D eigenvalue weighted by molar-refractivity contribution is 5.98. The minimum atomic E-state index is -0.0415. The maximum Gasteiger partial charge on any atom is 0.176 e. The number of carbonyl (C=O) groups excluding carboxylic acids is 1. The molecule has 4 nitrogen and oxygen atoms in total. The van der Waals surface area contributed by atoms with E-state index in [9.17, 15) is 4.79 Å². The first-order valence-corrected chi connectivity index (χ1v) is 6.33. The van der Waals surface area contributed by atoms with E-state index in [1.54, 1.807) is 6.07 Å². The van der Waals surface area contributed by atoms with Crippen LogP contribution in [0.4, 0.5) is 5.69 Å². The summed E-state index contributed by atoms with van der Waals surface area (Å²) >= 11 is 0. The molecule has 0 radical (unpaired) electrons. The fourth-order valence-corrected chi connectivity index (χ4v) is 2.25. The highest BCUT2D eigenvalue weighted by Gasteiger charge is 2.25. The fourth-order valence-electron chi connectivity index (χ4n) is 2.25. The van der Waals surface area contributed by atoms with Crippen molar-refractivity contribution in [1.29, 1.82) is 0 Å². The molecule has 0 spiro atoms. The van der Waals surface area contributed by atoms with E-state index in [1.165, 1.54) is 0 Å². The Kier molecular flexibility index (Phi) is 3.57. The second-order valence-electron chi connectivity index (χ2n) is 4.98. The van der Waals surface area contributed by atoms with Crippen LogP contribution >= 0.6 is 0 Å². The minimum absolute atomic E-state index is 0.0394. The molecule has 0 amide bonds. The number of hydrogen-bond donors (Lipinski definition) is 1. The first-order valence-electron chi connectivity index (χ1n) is 6.33. The van der Waals surface area contributed by atoms with Gasteiger partial charge in [-0.1, -0.05) is 0 Å². The summed E-state index contributed by atoms with van der Waals surface area (Å²) in [6.07, 6.45) is 0.163. The van der Waals surface area contributed by atoms with Gasteiger partial charge in [-0.2, -0.15) is 0 Å². The first kappa shape index (κ1) is 12.9. The molecule has 2 N–H and O–H groups in total. The molecular weight excluding hydrogens is 228 g/mol. The van der Waals surface area contributed by atoms with Crippen LogP contribution < -0.4 is 15.4 Å². The maximum absolute atomic E-state index is 11.7. The third-order valence-electron chi connectivity index (χ3n) is 3.18. The zero-order valence-electron chi connectivity index (χ0n) is 11.1. The van der Waals surface area contributed by atoms with Gasteiger partial charge in [0, 0.05) is 11.6 Å². The molecule has 1 aliphatic heterocycles. The van der Waals surface area contributed by atoms with Crippen molar-refractivity contribution in [1.82, 2.24) is 0 Å². The van der Waals surface area contributed by atoms with E-state index in [0.717, 1.165) is 18.0 Å². The van der Waals surface area contributed by atoms with Crippen molar-refractivity contribution in [2.75, 3.05) is 18.0 Å². The van der Waals surface area contributed by atoms with Gasteiger partial charge in [0.2, 0.25) is 0 Å². The molecule has 4 heteroatoms. The van der Waals surface area contributed by atoms with Crippen LogP contribution in [-0.2, 0) is 0 Å². The van der Waals surface area contributed by atoms with E-state index in [2.05, 4.69) is 25.7 Å². The molecule has 1 aliphatic rings. The molecule has 1 atom stereocenters. The Morgan fingerprint density at radius 1 is 1.56 bits per heavy atom. The van der Waals surface area contributed by atoms with E-state index < -0.39 is 0 Å². The standard InChI is InChI=1S/C14H20N2O2/c1-9(2)16-8-10(3)18-14-5-4-11(6-12(14)16)13(17)7-15/h4-6,9-10H,7-8,15H2,1-3H3. The minimum Gasteiger partial charge on any atom is -0.487 e. The summed E-state index contributed by atoms with van der Waals surface area (Å²) in [5.41, 5.74) is 7.04. The lowest BCUT2D eigenvalue weighted by Gasteiger charge is -2.37. The predicted molar refractivity (Wildman–Crippen MR) is 72.4 cm³/mol.